The highest BCUT2D eigenvalue weighted by molar-refractivity contribution is 5.90. The van der Waals surface area contributed by atoms with Crippen LogP contribution >= 0.6 is 0 Å². The van der Waals surface area contributed by atoms with E-state index in [-0.39, 0.29) is 11.9 Å². The Labute approximate surface area is 116 Å². The summed E-state index contributed by atoms with van der Waals surface area (Å²) in [6.45, 7) is 2.07. The van der Waals surface area contributed by atoms with Gasteiger partial charge in [0.25, 0.3) is 0 Å². The molecule has 0 aliphatic rings. The van der Waals surface area contributed by atoms with Crippen LogP contribution in [0.3, 0.4) is 0 Å². The van der Waals surface area contributed by atoms with E-state index >= 15 is 0 Å². The highest BCUT2D eigenvalue weighted by Gasteiger charge is 2.12. The summed E-state index contributed by atoms with van der Waals surface area (Å²) >= 11 is 0. The summed E-state index contributed by atoms with van der Waals surface area (Å²) in [7, 11) is 0. The molecule has 2 heterocycles. The molecule has 3 aromatic rings. The molecule has 20 heavy (non-hydrogen) atoms. The Balaban J connectivity index is 1.91. The maximum absolute atomic E-state index is 13.0. The standard InChI is InChI=1S/C15H15FN4/c1-2-12(15-7-6-10(16)8-17-15)19-13-4-3-5-14-11(13)9-18-20-14/h3-9,12,19H,2H2,1H3,(H,18,20). The summed E-state index contributed by atoms with van der Waals surface area (Å²) in [6, 6.07) is 9.13. The number of H-pyrrole nitrogens is 1. The van der Waals surface area contributed by atoms with Crippen LogP contribution in [0.1, 0.15) is 25.1 Å². The van der Waals surface area contributed by atoms with E-state index < -0.39 is 0 Å². The average Bonchev–Trinajstić information content (AvgIpc) is 2.95. The fourth-order valence-electron chi connectivity index (χ4n) is 2.26. The van der Waals surface area contributed by atoms with Gasteiger partial charge in [0.05, 0.1) is 29.6 Å². The molecule has 0 saturated heterocycles. The Morgan fingerprint density at radius 2 is 2.15 bits per heavy atom. The molecule has 2 aromatic heterocycles. The van der Waals surface area contributed by atoms with Gasteiger partial charge in [-0.3, -0.25) is 10.1 Å². The topological polar surface area (TPSA) is 53.6 Å². The minimum atomic E-state index is -0.319. The molecule has 0 aliphatic carbocycles. The molecule has 0 bridgehead atoms. The third kappa shape index (κ3) is 2.34. The van der Waals surface area contributed by atoms with Gasteiger partial charge in [-0.1, -0.05) is 13.0 Å². The first-order valence-corrected chi connectivity index (χ1v) is 6.58. The fraction of sp³-hybridized carbons (Fsp3) is 0.200. The van der Waals surface area contributed by atoms with E-state index in [2.05, 4.69) is 27.4 Å². The van der Waals surface area contributed by atoms with Crippen molar-refractivity contribution in [3.63, 3.8) is 0 Å². The highest BCUT2D eigenvalue weighted by atomic mass is 19.1. The molecule has 3 rings (SSSR count). The van der Waals surface area contributed by atoms with Crippen LogP contribution < -0.4 is 5.32 Å². The highest BCUT2D eigenvalue weighted by Crippen LogP contribution is 2.26. The molecule has 4 nitrogen and oxygen atoms in total. The predicted molar refractivity (Wildman–Crippen MR) is 76.9 cm³/mol. The first-order valence-electron chi connectivity index (χ1n) is 6.58. The van der Waals surface area contributed by atoms with E-state index in [1.165, 1.54) is 12.3 Å². The Kier molecular flexibility index (Phi) is 3.33. The monoisotopic (exact) mass is 270 g/mol. The van der Waals surface area contributed by atoms with Gasteiger partial charge in [0.2, 0.25) is 0 Å². The van der Waals surface area contributed by atoms with Crippen LogP contribution in [0.15, 0.2) is 42.7 Å². The molecular formula is C15H15FN4. The van der Waals surface area contributed by atoms with Gasteiger partial charge < -0.3 is 5.32 Å². The Bertz CT molecular complexity index is 705. The number of aromatic amines is 1. The van der Waals surface area contributed by atoms with Gasteiger partial charge in [-0.05, 0) is 30.7 Å². The Morgan fingerprint density at radius 3 is 2.90 bits per heavy atom. The largest absolute Gasteiger partial charge is 0.376 e. The average molecular weight is 270 g/mol. The van der Waals surface area contributed by atoms with Crippen LogP contribution in [0.4, 0.5) is 10.1 Å². The minimum Gasteiger partial charge on any atom is -0.376 e. The smallest absolute Gasteiger partial charge is 0.141 e. The quantitative estimate of drug-likeness (QED) is 0.760. The van der Waals surface area contributed by atoms with E-state index in [4.69, 9.17) is 0 Å². The van der Waals surface area contributed by atoms with E-state index in [1.54, 1.807) is 12.3 Å². The number of nitrogens with zero attached hydrogens (tertiary/aromatic N) is 2. The molecule has 1 aromatic carbocycles. The van der Waals surface area contributed by atoms with E-state index in [0.29, 0.717) is 0 Å². The van der Waals surface area contributed by atoms with Crippen LogP contribution in [-0.4, -0.2) is 15.2 Å². The van der Waals surface area contributed by atoms with Crippen molar-refractivity contribution in [2.75, 3.05) is 5.32 Å². The van der Waals surface area contributed by atoms with Gasteiger partial charge in [0, 0.05) is 11.1 Å². The van der Waals surface area contributed by atoms with Crippen LogP contribution in [0, 0.1) is 5.82 Å². The van der Waals surface area contributed by atoms with Crippen molar-refractivity contribution >= 4 is 16.6 Å². The maximum Gasteiger partial charge on any atom is 0.141 e. The summed E-state index contributed by atoms with van der Waals surface area (Å²) in [4.78, 5) is 4.15. The SMILES string of the molecule is CCC(Nc1cccc2[nH]ncc12)c1ccc(F)cn1. The van der Waals surface area contributed by atoms with Crippen molar-refractivity contribution in [2.24, 2.45) is 0 Å². The lowest BCUT2D eigenvalue weighted by Crippen LogP contribution is -2.11. The van der Waals surface area contributed by atoms with Crippen molar-refractivity contribution in [1.82, 2.24) is 15.2 Å². The zero-order valence-corrected chi connectivity index (χ0v) is 11.1. The van der Waals surface area contributed by atoms with Crippen LogP contribution in [0.2, 0.25) is 0 Å². The second-order valence-corrected chi connectivity index (χ2v) is 4.64. The molecule has 102 valence electrons. The molecule has 1 atom stereocenters. The van der Waals surface area contributed by atoms with Crippen LogP contribution in [0.5, 0.6) is 0 Å². The van der Waals surface area contributed by atoms with E-state index in [9.17, 15) is 4.39 Å². The van der Waals surface area contributed by atoms with Gasteiger partial charge in [-0.2, -0.15) is 5.10 Å². The molecule has 5 heteroatoms. The summed E-state index contributed by atoms with van der Waals surface area (Å²) in [6.07, 6.45) is 3.90. The number of hydrogen-bond acceptors (Lipinski definition) is 3. The minimum absolute atomic E-state index is 0.0381. The van der Waals surface area contributed by atoms with Gasteiger partial charge in [0.1, 0.15) is 5.82 Å². The number of anilines is 1. The molecular weight excluding hydrogens is 255 g/mol. The number of halogens is 1. The van der Waals surface area contributed by atoms with Crippen LogP contribution in [0.25, 0.3) is 10.9 Å². The number of hydrogen-bond donors (Lipinski definition) is 2. The van der Waals surface area contributed by atoms with Crippen molar-refractivity contribution in [2.45, 2.75) is 19.4 Å². The Hall–Kier alpha value is -2.43. The summed E-state index contributed by atoms with van der Waals surface area (Å²) < 4.78 is 13.0. The van der Waals surface area contributed by atoms with Gasteiger partial charge in [0.15, 0.2) is 0 Å². The normalized spacial score (nSPS) is 12.5. The number of benzene rings is 1. The molecule has 0 saturated carbocycles. The summed E-state index contributed by atoms with van der Waals surface area (Å²) in [5.41, 5.74) is 2.81. The van der Waals surface area contributed by atoms with Crippen molar-refractivity contribution < 1.29 is 4.39 Å². The number of pyridine rings is 1. The second-order valence-electron chi connectivity index (χ2n) is 4.64. The molecule has 0 fully saturated rings. The van der Waals surface area contributed by atoms with Gasteiger partial charge in [-0.15, -0.1) is 0 Å². The number of nitrogens with one attached hydrogen (secondary N) is 2. The molecule has 0 radical (unpaired) electrons. The number of rotatable bonds is 4. The lowest BCUT2D eigenvalue weighted by molar-refractivity contribution is 0.614. The van der Waals surface area contributed by atoms with Crippen molar-refractivity contribution in [3.05, 3.63) is 54.2 Å². The van der Waals surface area contributed by atoms with Crippen molar-refractivity contribution in [3.8, 4) is 0 Å². The zero-order chi connectivity index (χ0) is 13.9. The lowest BCUT2D eigenvalue weighted by Gasteiger charge is -2.18. The van der Waals surface area contributed by atoms with Crippen molar-refractivity contribution in [1.29, 1.82) is 0 Å². The summed E-state index contributed by atoms with van der Waals surface area (Å²) in [5.74, 6) is -0.319. The third-order valence-electron chi connectivity index (χ3n) is 3.33. The molecule has 0 amide bonds. The number of fused-ring (bicyclic) bond motifs is 1. The first kappa shape index (κ1) is 12.6. The third-order valence-corrected chi connectivity index (χ3v) is 3.33. The molecule has 2 N–H and O–H groups in total. The maximum atomic E-state index is 13.0. The summed E-state index contributed by atoms with van der Waals surface area (Å²) in [5, 5.41) is 11.5. The predicted octanol–water partition coefficient (Wildman–Crippen LogP) is 3.66. The molecule has 0 aliphatic heterocycles. The van der Waals surface area contributed by atoms with E-state index in [0.717, 1.165) is 28.7 Å². The molecule has 1 unspecified atom stereocenters. The molecule has 0 spiro atoms. The van der Waals surface area contributed by atoms with Crippen LogP contribution in [-0.2, 0) is 0 Å². The lowest BCUT2D eigenvalue weighted by atomic mass is 10.1. The second kappa shape index (κ2) is 5.28. The Morgan fingerprint density at radius 1 is 1.25 bits per heavy atom. The fourth-order valence-corrected chi connectivity index (χ4v) is 2.26. The van der Waals surface area contributed by atoms with Gasteiger partial charge in [-0.25, -0.2) is 4.39 Å². The number of aromatic nitrogens is 3. The zero-order valence-electron chi connectivity index (χ0n) is 11.1. The first-order chi connectivity index (χ1) is 9.78. The van der Waals surface area contributed by atoms with E-state index in [1.807, 2.05) is 18.2 Å². The van der Waals surface area contributed by atoms with Gasteiger partial charge >= 0.3 is 0 Å².